The summed E-state index contributed by atoms with van der Waals surface area (Å²) in [5.41, 5.74) is 0.359. The van der Waals surface area contributed by atoms with Gasteiger partial charge in [0.15, 0.2) is 11.5 Å². The van der Waals surface area contributed by atoms with Crippen LogP contribution < -0.4 is 4.87 Å². The molecule has 0 saturated carbocycles. The Hall–Kier alpha value is -1.39. The summed E-state index contributed by atoms with van der Waals surface area (Å²) >= 11 is 0.981. The molecule has 0 aromatic carbocycles. The lowest BCUT2D eigenvalue weighted by atomic mass is 10.1. The molecule has 0 aliphatic carbocycles. The van der Waals surface area contributed by atoms with Crippen LogP contribution in [0.5, 0.6) is 0 Å². The zero-order chi connectivity index (χ0) is 13.6. The summed E-state index contributed by atoms with van der Waals surface area (Å²) in [6.45, 7) is -0.410. The van der Waals surface area contributed by atoms with Gasteiger partial charge in [-0.3, -0.25) is 9.78 Å². The summed E-state index contributed by atoms with van der Waals surface area (Å²) in [4.78, 5) is 21.6. The lowest BCUT2D eigenvalue weighted by molar-refractivity contribution is -0.0252. The van der Waals surface area contributed by atoms with Crippen LogP contribution in [0.15, 0.2) is 11.0 Å². The van der Waals surface area contributed by atoms with Crippen molar-refractivity contribution in [1.82, 2.24) is 15.0 Å². The molecule has 9 heteroatoms. The zero-order valence-electron chi connectivity index (χ0n) is 9.55. The number of aromatic nitrogens is 3. The van der Waals surface area contributed by atoms with Gasteiger partial charge in [-0.25, -0.2) is 9.97 Å². The number of aliphatic hydroxyl groups is 3. The topological polar surface area (TPSA) is 129 Å². The van der Waals surface area contributed by atoms with Crippen LogP contribution in [0.25, 0.3) is 10.3 Å². The van der Waals surface area contributed by atoms with Crippen LogP contribution in [0.4, 0.5) is 0 Å². The van der Waals surface area contributed by atoms with E-state index < -0.39 is 31.0 Å². The highest BCUT2D eigenvalue weighted by molar-refractivity contribution is 7.16. The molecule has 1 aliphatic rings. The smallest absolute Gasteiger partial charge is 0.306 e. The van der Waals surface area contributed by atoms with E-state index in [0.29, 0.717) is 10.3 Å². The SMILES string of the molecule is O=c1[nH]c2nc(C3O[C@H](CO)[C@@H](O)[C@H]3O)ncc2s1. The van der Waals surface area contributed by atoms with Gasteiger partial charge in [-0.15, -0.1) is 0 Å². The predicted octanol–water partition coefficient (Wildman–Crippen LogP) is -1.47. The lowest BCUT2D eigenvalue weighted by Gasteiger charge is -2.12. The molecule has 0 bridgehead atoms. The molecule has 4 N–H and O–H groups in total. The van der Waals surface area contributed by atoms with Crippen LogP contribution >= 0.6 is 11.3 Å². The summed E-state index contributed by atoms with van der Waals surface area (Å²) in [6, 6.07) is 0. The maximum atomic E-state index is 11.2. The summed E-state index contributed by atoms with van der Waals surface area (Å²) in [5.74, 6) is 0.157. The van der Waals surface area contributed by atoms with E-state index in [-0.39, 0.29) is 10.7 Å². The number of hydrogen-bond donors (Lipinski definition) is 4. The third-order valence-corrected chi connectivity index (χ3v) is 3.80. The molecule has 8 nitrogen and oxygen atoms in total. The van der Waals surface area contributed by atoms with E-state index in [0.717, 1.165) is 11.3 Å². The summed E-state index contributed by atoms with van der Waals surface area (Å²) in [5, 5.41) is 28.5. The Bertz CT molecular complexity index is 656. The van der Waals surface area contributed by atoms with Crippen LogP contribution in [-0.4, -0.2) is 55.2 Å². The first-order valence-corrected chi connectivity index (χ1v) is 6.40. The molecule has 1 fully saturated rings. The second kappa shape index (κ2) is 4.62. The fourth-order valence-corrected chi connectivity index (χ4v) is 2.67. The molecule has 0 spiro atoms. The van der Waals surface area contributed by atoms with E-state index in [9.17, 15) is 15.0 Å². The minimum absolute atomic E-state index is 0.157. The summed E-state index contributed by atoms with van der Waals surface area (Å²) in [6.07, 6.45) is -2.77. The van der Waals surface area contributed by atoms with Crippen molar-refractivity contribution in [2.24, 2.45) is 0 Å². The molecule has 1 saturated heterocycles. The van der Waals surface area contributed by atoms with Gasteiger partial charge in [0.25, 0.3) is 0 Å². The Morgan fingerprint density at radius 3 is 2.89 bits per heavy atom. The second-order valence-electron chi connectivity index (χ2n) is 4.21. The van der Waals surface area contributed by atoms with Crippen molar-refractivity contribution >= 4 is 21.7 Å². The predicted molar refractivity (Wildman–Crippen MR) is 64.7 cm³/mol. The molecule has 4 atom stereocenters. The average molecular weight is 285 g/mol. The zero-order valence-corrected chi connectivity index (χ0v) is 10.4. The number of thiazole rings is 1. The van der Waals surface area contributed by atoms with Crippen LogP contribution in [-0.2, 0) is 4.74 Å². The number of H-pyrrole nitrogens is 1. The van der Waals surface area contributed by atoms with Gasteiger partial charge in [0, 0.05) is 0 Å². The van der Waals surface area contributed by atoms with Crippen LogP contribution in [0.2, 0.25) is 0 Å². The highest BCUT2D eigenvalue weighted by Gasteiger charge is 2.44. The molecule has 102 valence electrons. The van der Waals surface area contributed by atoms with Crippen LogP contribution in [0.3, 0.4) is 0 Å². The molecule has 2 aromatic heterocycles. The van der Waals surface area contributed by atoms with E-state index in [4.69, 9.17) is 9.84 Å². The lowest BCUT2D eigenvalue weighted by Crippen LogP contribution is -2.32. The second-order valence-corrected chi connectivity index (χ2v) is 5.23. The van der Waals surface area contributed by atoms with Crippen LogP contribution in [0.1, 0.15) is 11.9 Å². The maximum Gasteiger partial charge on any atom is 0.306 e. The van der Waals surface area contributed by atoms with E-state index in [1.807, 2.05) is 0 Å². The molecule has 0 radical (unpaired) electrons. The Morgan fingerprint density at radius 1 is 1.42 bits per heavy atom. The monoisotopic (exact) mass is 285 g/mol. The average Bonchev–Trinajstić information content (AvgIpc) is 2.90. The standard InChI is InChI=1S/C10H11N3O5S/c14-2-3-5(15)6(16)7(18-3)9-11-1-4-8(12-9)13-10(17)19-4/h1,3,5-7,14-16H,2H2,(H,11,12,13,17)/t3-,5-,6-,7?/m1/s1. The minimum atomic E-state index is -1.22. The van der Waals surface area contributed by atoms with Gasteiger partial charge in [0.1, 0.15) is 24.4 Å². The summed E-state index contributed by atoms with van der Waals surface area (Å²) < 4.78 is 5.91. The van der Waals surface area contributed by atoms with Crippen LogP contribution in [0, 0.1) is 0 Å². The molecule has 2 aromatic rings. The van der Waals surface area contributed by atoms with Crippen molar-refractivity contribution in [3.05, 3.63) is 21.7 Å². The van der Waals surface area contributed by atoms with Gasteiger partial charge in [0.05, 0.1) is 17.5 Å². The first-order valence-electron chi connectivity index (χ1n) is 5.58. The van der Waals surface area contributed by atoms with Gasteiger partial charge < -0.3 is 20.1 Å². The number of nitrogens with zero attached hydrogens (tertiary/aromatic N) is 2. The molecule has 1 aliphatic heterocycles. The van der Waals surface area contributed by atoms with Gasteiger partial charge >= 0.3 is 4.87 Å². The molecule has 1 unspecified atom stereocenters. The number of aromatic amines is 1. The van der Waals surface area contributed by atoms with E-state index in [1.54, 1.807) is 0 Å². The number of nitrogens with one attached hydrogen (secondary N) is 1. The maximum absolute atomic E-state index is 11.2. The highest BCUT2D eigenvalue weighted by Crippen LogP contribution is 2.32. The van der Waals surface area contributed by atoms with Gasteiger partial charge in [0.2, 0.25) is 0 Å². The third kappa shape index (κ3) is 2.05. The first kappa shape index (κ1) is 12.6. The highest BCUT2D eigenvalue weighted by atomic mass is 32.1. The van der Waals surface area contributed by atoms with Crippen molar-refractivity contribution in [3.8, 4) is 0 Å². The van der Waals surface area contributed by atoms with Crippen molar-refractivity contribution in [2.75, 3.05) is 6.61 Å². The van der Waals surface area contributed by atoms with Gasteiger partial charge in [-0.1, -0.05) is 11.3 Å². The van der Waals surface area contributed by atoms with Gasteiger partial charge in [-0.05, 0) is 0 Å². The normalized spacial score (nSPS) is 31.1. The number of aliphatic hydroxyl groups excluding tert-OH is 3. The van der Waals surface area contributed by atoms with Crippen molar-refractivity contribution < 1.29 is 20.1 Å². The number of rotatable bonds is 2. The fraction of sp³-hybridized carbons (Fsp3) is 0.500. The van der Waals surface area contributed by atoms with Crippen molar-refractivity contribution in [3.63, 3.8) is 0 Å². The van der Waals surface area contributed by atoms with Gasteiger partial charge in [-0.2, -0.15) is 0 Å². The van der Waals surface area contributed by atoms with Crippen molar-refractivity contribution in [1.29, 1.82) is 0 Å². The molecule has 3 rings (SSSR count). The Kier molecular flexibility index (Phi) is 3.07. The fourth-order valence-electron chi connectivity index (χ4n) is 2.02. The van der Waals surface area contributed by atoms with E-state index in [2.05, 4.69) is 15.0 Å². The molecular formula is C10H11N3O5S. The largest absolute Gasteiger partial charge is 0.394 e. The molecule has 19 heavy (non-hydrogen) atoms. The van der Waals surface area contributed by atoms with Crippen molar-refractivity contribution in [2.45, 2.75) is 24.4 Å². The summed E-state index contributed by atoms with van der Waals surface area (Å²) in [7, 11) is 0. The Morgan fingerprint density at radius 2 is 2.21 bits per heavy atom. The third-order valence-electron chi connectivity index (χ3n) is 2.99. The first-order chi connectivity index (χ1) is 9.10. The minimum Gasteiger partial charge on any atom is -0.394 e. The Balaban J connectivity index is 1.98. The number of ether oxygens (including phenoxy) is 1. The molecule has 0 amide bonds. The molecule has 3 heterocycles. The molecular weight excluding hydrogens is 274 g/mol. The number of fused-ring (bicyclic) bond motifs is 1. The quantitative estimate of drug-likeness (QED) is 0.530. The number of hydrogen-bond acceptors (Lipinski definition) is 8. The Labute approximate surface area is 110 Å². The van der Waals surface area contributed by atoms with E-state index in [1.165, 1.54) is 6.20 Å². The van der Waals surface area contributed by atoms with E-state index >= 15 is 0 Å².